The fourth-order valence-corrected chi connectivity index (χ4v) is 0.974. The molecule has 0 aliphatic carbocycles. The Bertz CT molecular complexity index is 291. The van der Waals surface area contributed by atoms with Crippen LogP contribution in [0.2, 0.25) is 0 Å². The third-order valence-electron chi connectivity index (χ3n) is 1.22. The molecule has 1 N–H and O–H groups in total. The summed E-state index contributed by atoms with van der Waals surface area (Å²) in [5.41, 5.74) is 0.232. The second-order valence-electron chi connectivity index (χ2n) is 1.90. The Labute approximate surface area is 74.0 Å². The van der Waals surface area contributed by atoms with Crippen LogP contribution in [0.4, 0.5) is 5.82 Å². The van der Waals surface area contributed by atoms with Gasteiger partial charge in [-0.3, -0.25) is 4.79 Å². The number of hydrogen-bond donors (Lipinski definition) is 1. The molecule has 0 unspecified atom stereocenters. The normalized spacial score (nSPS) is 9.50. The van der Waals surface area contributed by atoms with Crippen LogP contribution in [0.15, 0.2) is 5.16 Å². The molecular weight excluding hydrogens is 176 g/mol. The summed E-state index contributed by atoms with van der Waals surface area (Å²) < 4.78 is 0. The van der Waals surface area contributed by atoms with Gasteiger partial charge < -0.3 is 5.32 Å². The van der Waals surface area contributed by atoms with E-state index in [2.05, 4.69) is 20.5 Å². The second-order valence-corrected chi connectivity index (χ2v) is 2.67. The Balaban J connectivity index is 3.10. The zero-order valence-corrected chi connectivity index (χ0v) is 7.55. The maximum atomic E-state index is 10.4. The van der Waals surface area contributed by atoms with Crippen LogP contribution in [0.1, 0.15) is 10.5 Å². The number of thioether (sulfide) groups is 1. The molecule has 0 saturated heterocycles. The van der Waals surface area contributed by atoms with Crippen molar-refractivity contribution in [2.75, 3.05) is 18.6 Å². The third-order valence-corrected chi connectivity index (χ3v) is 1.76. The fourth-order valence-electron chi connectivity index (χ4n) is 0.669. The van der Waals surface area contributed by atoms with Gasteiger partial charge in [-0.2, -0.15) is 0 Å². The Kier molecular flexibility index (Phi) is 2.98. The van der Waals surface area contributed by atoms with Crippen molar-refractivity contribution < 1.29 is 4.79 Å². The van der Waals surface area contributed by atoms with Gasteiger partial charge in [-0.05, 0) is 6.26 Å². The van der Waals surface area contributed by atoms with Crippen molar-refractivity contribution in [2.24, 2.45) is 0 Å². The lowest BCUT2D eigenvalue weighted by atomic mass is 10.5. The molecule has 1 heterocycles. The molecule has 0 spiro atoms. The van der Waals surface area contributed by atoms with Gasteiger partial charge >= 0.3 is 0 Å². The number of hydrogen-bond acceptors (Lipinski definition) is 6. The summed E-state index contributed by atoms with van der Waals surface area (Å²) in [6.45, 7) is 0. The number of carbonyl (C=O) groups is 1. The molecule has 64 valence electrons. The Hall–Kier alpha value is -1.17. The molecule has 0 fully saturated rings. The molecule has 0 saturated carbocycles. The molecule has 0 amide bonds. The minimum absolute atomic E-state index is 0.232. The standard InChI is InChI=1S/C6H8N4OS/c1-7-5-4(3-11)9-10-6(8-5)12-2/h3H,1-2H3,(H,7,8,10). The highest BCUT2D eigenvalue weighted by molar-refractivity contribution is 7.98. The van der Waals surface area contributed by atoms with E-state index in [1.165, 1.54) is 11.8 Å². The fraction of sp³-hybridized carbons (Fsp3) is 0.333. The average molecular weight is 184 g/mol. The minimum atomic E-state index is 0.232. The van der Waals surface area contributed by atoms with E-state index in [0.717, 1.165) is 0 Å². The number of aldehydes is 1. The predicted molar refractivity (Wildman–Crippen MR) is 46.5 cm³/mol. The highest BCUT2D eigenvalue weighted by Gasteiger charge is 2.04. The molecule has 12 heavy (non-hydrogen) atoms. The maximum absolute atomic E-state index is 10.4. The van der Waals surface area contributed by atoms with Crippen molar-refractivity contribution in [1.82, 2.24) is 15.2 Å². The lowest BCUT2D eigenvalue weighted by Crippen LogP contribution is -2.03. The van der Waals surface area contributed by atoms with E-state index in [-0.39, 0.29) is 5.69 Å². The molecule has 0 aliphatic heterocycles. The number of carbonyl (C=O) groups excluding carboxylic acids is 1. The topological polar surface area (TPSA) is 67.8 Å². The molecule has 5 nitrogen and oxygen atoms in total. The lowest BCUT2D eigenvalue weighted by molar-refractivity contribution is 0.111. The molecule has 0 bridgehead atoms. The Morgan fingerprint density at radius 2 is 2.25 bits per heavy atom. The number of nitrogens with zero attached hydrogens (tertiary/aromatic N) is 3. The first-order valence-corrected chi connectivity index (χ1v) is 4.46. The molecule has 1 aromatic rings. The van der Waals surface area contributed by atoms with Crippen LogP contribution < -0.4 is 5.32 Å². The van der Waals surface area contributed by atoms with Crippen molar-refractivity contribution in [3.8, 4) is 0 Å². The van der Waals surface area contributed by atoms with Crippen LogP contribution in [0.3, 0.4) is 0 Å². The summed E-state index contributed by atoms with van der Waals surface area (Å²) in [5, 5.41) is 10.7. The molecular formula is C6H8N4OS. The number of aromatic nitrogens is 3. The zero-order valence-electron chi connectivity index (χ0n) is 6.74. The van der Waals surface area contributed by atoms with Gasteiger partial charge in [0, 0.05) is 7.05 Å². The first kappa shape index (κ1) is 8.92. The minimum Gasteiger partial charge on any atom is -0.371 e. The first-order chi connectivity index (χ1) is 5.81. The van der Waals surface area contributed by atoms with E-state index < -0.39 is 0 Å². The van der Waals surface area contributed by atoms with E-state index in [4.69, 9.17) is 0 Å². The summed E-state index contributed by atoms with van der Waals surface area (Å²) in [7, 11) is 1.68. The van der Waals surface area contributed by atoms with Crippen LogP contribution in [-0.4, -0.2) is 34.8 Å². The summed E-state index contributed by atoms with van der Waals surface area (Å²) in [4.78, 5) is 14.4. The van der Waals surface area contributed by atoms with Gasteiger partial charge in [-0.1, -0.05) is 11.8 Å². The van der Waals surface area contributed by atoms with Gasteiger partial charge in [0.1, 0.15) is 0 Å². The Morgan fingerprint density at radius 3 is 2.75 bits per heavy atom. The first-order valence-electron chi connectivity index (χ1n) is 3.23. The number of rotatable bonds is 3. The van der Waals surface area contributed by atoms with E-state index >= 15 is 0 Å². The molecule has 0 atom stereocenters. The second kappa shape index (κ2) is 4.01. The zero-order chi connectivity index (χ0) is 8.97. The van der Waals surface area contributed by atoms with Gasteiger partial charge in [0.2, 0.25) is 5.16 Å². The highest BCUT2D eigenvalue weighted by Crippen LogP contribution is 2.11. The maximum Gasteiger partial charge on any atom is 0.210 e. The third kappa shape index (κ3) is 1.70. The molecule has 6 heteroatoms. The predicted octanol–water partition coefficient (Wildman–Crippen LogP) is 0.448. The summed E-state index contributed by atoms with van der Waals surface area (Å²) in [6.07, 6.45) is 2.47. The number of anilines is 1. The average Bonchev–Trinajstić information content (AvgIpc) is 2.16. The van der Waals surface area contributed by atoms with E-state index in [9.17, 15) is 4.79 Å². The van der Waals surface area contributed by atoms with E-state index in [1.807, 2.05) is 6.26 Å². The quantitative estimate of drug-likeness (QED) is 0.543. The van der Waals surface area contributed by atoms with Crippen LogP contribution in [-0.2, 0) is 0 Å². The largest absolute Gasteiger partial charge is 0.371 e. The van der Waals surface area contributed by atoms with E-state index in [0.29, 0.717) is 17.3 Å². The molecule has 1 rings (SSSR count). The number of nitrogens with one attached hydrogen (secondary N) is 1. The highest BCUT2D eigenvalue weighted by atomic mass is 32.2. The van der Waals surface area contributed by atoms with Crippen molar-refractivity contribution in [2.45, 2.75) is 5.16 Å². The summed E-state index contributed by atoms with van der Waals surface area (Å²) >= 11 is 1.38. The smallest absolute Gasteiger partial charge is 0.210 e. The van der Waals surface area contributed by atoms with Crippen molar-refractivity contribution in [3.63, 3.8) is 0 Å². The summed E-state index contributed by atoms with van der Waals surface area (Å²) in [5.74, 6) is 0.462. The molecule has 0 aliphatic rings. The molecule has 0 aromatic carbocycles. The van der Waals surface area contributed by atoms with Gasteiger partial charge in [0.15, 0.2) is 17.8 Å². The van der Waals surface area contributed by atoms with E-state index in [1.54, 1.807) is 7.05 Å². The van der Waals surface area contributed by atoms with Gasteiger partial charge in [0.25, 0.3) is 0 Å². The monoisotopic (exact) mass is 184 g/mol. The van der Waals surface area contributed by atoms with Crippen molar-refractivity contribution in [3.05, 3.63) is 5.69 Å². The molecule has 0 radical (unpaired) electrons. The van der Waals surface area contributed by atoms with Crippen LogP contribution >= 0.6 is 11.8 Å². The molecule has 1 aromatic heterocycles. The van der Waals surface area contributed by atoms with Gasteiger partial charge in [0.05, 0.1) is 0 Å². The van der Waals surface area contributed by atoms with Crippen LogP contribution in [0, 0.1) is 0 Å². The van der Waals surface area contributed by atoms with Crippen LogP contribution in [0.25, 0.3) is 0 Å². The lowest BCUT2D eigenvalue weighted by Gasteiger charge is -2.01. The van der Waals surface area contributed by atoms with Crippen LogP contribution in [0.5, 0.6) is 0 Å². The SMILES string of the molecule is CNc1nc(SC)nnc1C=O. The van der Waals surface area contributed by atoms with Crippen molar-refractivity contribution >= 4 is 23.9 Å². The van der Waals surface area contributed by atoms with Gasteiger partial charge in [-0.25, -0.2) is 4.98 Å². The van der Waals surface area contributed by atoms with Crippen molar-refractivity contribution in [1.29, 1.82) is 0 Å². The summed E-state index contributed by atoms with van der Waals surface area (Å²) in [6, 6.07) is 0. The Morgan fingerprint density at radius 1 is 1.50 bits per heavy atom. The van der Waals surface area contributed by atoms with Gasteiger partial charge in [-0.15, -0.1) is 10.2 Å².